The number of nitrogens with two attached hydrogens (primary N) is 1. The molecule has 0 radical (unpaired) electrons. The summed E-state index contributed by atoms with van der Waals surface area (Å²) >= 11 is 0. The van der Waals surface area contributed by atoms with Crippen molar-refractivity contribution >= 4 is 0 Å². The van der Waals surface area contributed by atoms with Gasteiger partial charge in [-0.25, -0.2) is 0 Å². The van der Waals surface area contributed by atoms with Crippen LogP contribution in [0.3, 0.4) is 0 Å². The Morgan fingerprint density at radius 1 is 1.13 bits per heavy atom. The van der Waals surface area contributed by atoms with Crippen molar-refractivity contribution in [3.8, 4) is 0 Å². The van der Waals surface area contributed by atoms with Crippen LogP contribution in [-0.4, -0.2) is 19.6 Å². The fourth-order valence-electron chi connectivity index (χ4n) is 1.23. The van der Waals surface area contributed by atoms with Crippen LogP contribution in [0.2, 0.25) is 0 Å². The molecule has 0 bridgehead atoms. The summed E-state index contributed by atoms with van der Waals surface area (Å²) in [6.07, 6.45) is 1.14. The van der Waals surface area contributed by atoms with E-state index in [9.17, 15) is 0 Å². The van der Waals surface area contributed by atoms with Gasteiger partial charge >= 0.3 is 0 Å². The van der Waals surface area contributed by atoms with Crippen LogP contribution in [0.15, 0.2) is 0 Å². The van der Waals surface area contributed by atoms with E-state index in [2.05, 4.69) is 46.9 Å². The molecule has 0 aromatic rings. The highest BCUT2D eigenvalue weighted by Gasteiger charge is 2.24. The summed E-state index contributed by atoms with van der Waals surface area (Å²) in [5.74, 6) is 0.704. The number of rotatable bonds is 7. The summed E-state index contributed by atoms with van der Waals surface area (Å²) < 4.78 is 0. The first kappa shape index (κ1) is 14.9. The van der Waals surface area contributed by atoms with Crippen LogP contribution in [0.1, 0.15) is 48.0 Å². The van der Waals surface area contributed by atoms with Crippen LogP contribution in [0.4, 0.5) is 0 Å². The van der Waals surface area contributed by atoms with Crippen LogP contribution in [-0.2, 0) is 0 Å². The second kappa shape index (κ2) is 5.86. The standard InChI is InChI=1S/C13H30N2/c1-7-13(6,8-14)10-15-9-12(4,5)11(2)3/h11,15H,7-10,14H2,1-6H3. The van der Waals surface area contributed by atoms with E-state index in [0.717, 1.165) is 26.1 Å². The second-order valence-electron chi connectivity index (χ2n) is 6.12. The smallest absolute Gasteiger partial charge is 0.00174 e. The Morgan fingerprint density at radius 2 is 1.67 bits per heavy atom. The van der Waals surface area contributed by atoms with E-state index in [1.54, 1.807) is 0 Å². The summed E-state index contributed by atoms with van der Waals surface area (Å²) in [5, 5.41) is 3.57. The van der Waals surface area contributed by atoms with E-state index in [0.29, 0.717) is 11.3 Å². The molecule has 15 heavy (non-hydrogen) atoms. The zero-order valence-electron chi connectivity index (χ0n) is 11.5. The first-order valence-electron chi connectivity index (χ1n) is 6.18. The SMILES string of the molecule is CCC(C)(CN)CNCC(C)(C)C(C)C. The fourth-order valence-corrected chi connectivity index (χ4v) is 1.23. The van der Waals surface area contributed by atoms with E-state index in [4.69, 9.17) is 5.73 Å². The molecule has 0 heterocycles. The Kier molecular flexibility index (Phi) is 5.82. The Balaban J connectivity index is 3.98. The maximum Gasteiger partial charge on any atom is 0.00174 e. The highest BCUT2D eigenvalue weighted by molar-refractivity contribution is 4.80. The van der Waals surface area contributed by atoms with Crippen molar-refractivity contribution in [3.63, 3.8) is 0 Å². The van der Waals surface area contributed by atoms with Crippen molar-refractivity contribution in [2.75, 3.05) is 19.6 Å². The number of nitrogens with one attached hydrogen (secondary N) is 1. The lowest BCUT2D eigenvalue weighted by Gasteiger charge is -2.33. The third-order valence-corrected chi connectivity index (χ3v) is 4.04. The fraction of sp³-hybridized carbons (Fsp3) is 1.00. The Labute approximate surface area is 96.0 Å². The van der Waals surface area contributed by atoms with E-state index < -0.39 is 0 Å². The molecule has 0 saturated heterocycles. The van der Waals surface area contributed by atoms with E-state index in [-0.39, 0.29) is 5.41 Å². The van der Waals surface area contributed by atoms with Crippen molar-refractivity contribution in [2.24, 2.45) is 22.5 Å². The highest BCUT2D eigenvalue weighted by Crippen LogP contribution is 2.25. The van der Waals surface area contributed by atoms with Crippen molar-refractivity contribution in [1.29, 1.82) is 0 Å². The molecule has 0 saturated carbocycles. The molecule has 0 aliphatic carbocycles. The predicted octanol–water partition coefficient (Wildman–Crippen LogP) is 2.63. The minimum Gasteiger partial charge on any atom is -0.330 e. The number of hydrogen-bond acceptors (Lipinski definition) is 2. The first-order chi connectivity index (χ1) is 6.77. The zero-order chi connectivity index (χ0) is 12.1. The summed E-state index contributed by atoms with van der Waals surface area (Å²) in [6.45, 7) is 16.5. The van der Waals surface area contributed by atoms with Crippen LogP contribution in [0.25, 0.3) is 0 Å². The molecule has 1 atom stereocenters. The third-order valence-electron chi connectivity index (χ3n) is 4.04. The van der Waals surface area contributed by atoms with Crippen molar-refractivity contribution in [2.45, 2.75) is 48.0 Å². The quantitative estimate of drug-likeness (QED) is 0.684. The summed E-state index contributed by atoms with van der Waals surface area (Å²) in [4.78, 5) is 0. The van der Waals surface area contributed by atoms with Gasteiger partial charge in [0.1, 0.15) is 0 Å². The highest BCUT2D eigenvalue weighted by atomic mass is 14.9. The molecular weight excluding hydrogens is 184 g/mol. The first-order valence-corrected chi connectivity index (χ1v) is 6.18. The maximum atomic E-state index is 5.79. The summed E-state index contributed by atoms with van der Waals surface area (Å²) in [5.41, 5.74) is 6.41. The molecule has 2 nitrogen and oxygen atoms in total. The van der Waals surface area contributed by atoms with Gasteiger partial charge in [-0.1, -0.05) is 41.5 Å². The van der Waals surface area contributed by atoms with Gasteiger partial charge in [0.15, 0.2) is 0 Å². The zero-order valence-corrected chi connectivity index (χ0v) is 11.5. The lowest BCUT2D eigenvalue weighted by molar-refractivity contribution is 0.215. The lowest BCUT2D eigenvalue weighted by atomic mass is 9.80. The molecule has 0 aromatic heterocycles. The minimum atomic E-state index is 0.257. The molecule has 3 N–H and O–H groups in total. The summed E-state index contributed by atoms with van der Waals surface area (Å²) in [7, 11) is 0. The van der Waals surface area contributed by atoms with Crippen LogP contribution in [0.5, 0.6) is 0 Å². The van der Waals surface area contributed by atoms with Gasteiger partial charge in [0.25, 0.3) is 0 Å². The van der Waals surface area contributed by atoms with Crippen molar-refractivity contribution < 1.29 is 0 Å². The van der Waals surface area contributed by atoms with E-state index >= 15 is 0 Å². The van der Waals surface area contributed by atoms with E-state index in [1.807, 2.05) is 0 Å². The van der Waals surface area contributed by atoms with Gasteiger partial charge in [-0.3, -0.25) is 0 Å². The minimum absolute atomic E-state index is 0.257. The van der Waals surface area contributed by atoms with Crippen molar-refractivity contribution in [1.82, 2.24) is 5.32 Å². The molecule has 0 spiro atoms. The van der Waals surface area contributed by atoms with Crippen LogP contribution >= 0.6 is 0 Å². The molecule has 0 amide bonds. The van der Waals surface area contributed by atoms with Gasteiger partial charge in [-0.15, -0.1) is 0 Å². The third kappa shape index (κ3) is 4.98. The molecule has 0 aliphatic heterocycles. The monoisotopic (exact) mass is 214 g/mol. The van der Waals surface area contributed by atoms with Gasteiger partial charge in [-0.2, -0.15) is 0 Å². The Morgan fingerprint density at radius 3 is 2.00 bits per heavy atom. The number of hydrogen-bond donors (Lipinski definition) is 2. The van der Waals surface area contributed by atoms with Gasteiger partial charge in [-0.05, 0) is 29.7 Å². The molecule has 0 aliphatic rings. The largest absolute Gasteiger partial charge is 0.330 e. The van der Waals surface area contributed by atoms with Gasteiger partial charge in [0, 0.05) is 13.1 Å². The molecule has 2 heteroatoms. The average molecular weight is 214 g/mol. The van der Waals surface area contributed by atoms with Crippen molar-refractivity contribution in [3.05, 3.63) is 0 Å². The van der Waals surface area contributed by atoms with Gasteiger partial charge < -0.3 is 11.1 Å². The molecule has 0 fully saturated rings. The van der Waals surface area contributed by atoms with Gasteiger partial charge in [0.05, 0.1) is 0 Å². The topological polar surface area (TPSA) is 38.0 Å². The molecule has 1 unspecified atom stereocenters. The average Bonchev–Trinajstić information content (AvgIpc) is 2.17. The summed E-state index contributed by atoms with van der Waals surface area (Å²) in [6, 6.07) is 0. The molecular formula is C13H30N2. The maximum absolute atomic E-state index is 5.79. The predicted molar refractivity (Wildman–Crippen MR) is 68.9 cm³/mol. The Hall–Kier alpha value is -0.0800. The van der Waals surface area contributed by atoms with Gasteiger partial charge in [0.2, 0.25) is 0 Å². The van der Waals surface area contributed by atoms with Crippen LogP contribution < -0.4 is 11.1 Å². The van der Waals surface area contributed by atoms with Crippen LogP contribution in [0, 0.1) is 16.7 Å². The van der Waals surface area contributed by atoms with E-state index in [1.165, 1.54) is 0 Å². The second-order valence-corrected chi connectivity index (χ2v) is 6.12. The lowest BCUT2D eigenvalue weighted by Crippen LogP contribution is -2.42. The molecule has 92 valence electrons. The Bertz CT molecular complexity index is 165. The normalized spacial score (nSPS) is 16.8. The molecule has 0 rings (SSSR count). The molecule has 0 aromatic carbocycles.